The highest BCUT2D eigenvalue weighted by molar-refractivity contribution is 5.91. The Bertz CT molecular complexity index is 572. The first-order valence-electron chi connectivity index (χ1n) is 9.93. The summed E-state index contributed by atoms with van der Waals surface area (Å²) in [5.41, 5.74) is 0.386. The van der Waals surface area contributed by atoms with E-state index in [2.05, 4.69) is 12.2 Å². The van der Waals surface area contributed by atoms with Gasteiger partial charge in [-0.25, -0.2) is 0 Å². The molecule has 0 aromatic carbocycles. The molecule has 2 atom stereocenters. The van der Waals surface area contributed by atoms with Gasteiger partial charge in [-0.2, -0.15) is 0 Å². The summed E-state index contributed by atoms with van der Waals surface area (Å²) in [4.78, 5) is 14.3. The van der Waals surface area contributed by atoms with E-state index in [1.165, 1.54) is 25.7 Å². The second-order valence-corrected chi connectivity index (χ2v) is 7.88. The molecule has 1 aromatic rings. The SMILES string of the molecule is CCOC1CC(NC2CCN(C(=O)c3ccco3)CC2)C12CCCC2. The lowest BCUT2D eigenvalue weighted by atomic mass is 9.60. The number of piperidine rings is 1. The number of amides is 1. The largest absolute Gasteiger partial charge is 0.459 e. The first-order valence-corrected chi connectivity index (χ1v) is 9.93. The van der Waals surface area contributed by atoms with E-state index in [1.54, 1.807) is 18.4 Å². The van der Waals surface area contributed by atoms with Crippen LogP contribution in [-0.4, -0.2) is 48.7 Å². The molecule has 4 rings (SSSR count). The second kappa shape index (κ2) is 7.12. The average Bonchev–Trinajstić information content (AvgIpc) is 3.33. The third-order valence-electron chi connectivity index (χ3n) is 6.64. The Kier molecular flexibility index (Phi) is 4.87. The van der Waals surface area contributed by atoms with Gasteiger partial charge in [0.25, 0.3) is 5.91 Å². The van der Waals surface area contributed by atoms with Crippen LogP contribution >= 0.6 is 0 Å². The number of nitrogens with zero attached hydrogens (tertiary/aromatic N) is 1. The molecular weight excluding hydrogens is 316 g/mol. The lowest BCUT2D eigenvalue weighted by Gasteiger charge is -2.55. The number of likely N-dealkylation sites (tertiary alicyclic amines) is 1. The zero-order valence-corrected chi connectivity index (χ0v) is 15.2. The molecule has 25 heavy (non-hydrogen) atoms. The van der Waals surface area contributed by atoms with E-state index in [1.807, 2.05) is 4.90 Å². The molecule has 0 radical (unpaired) electrons. The third-order valence-corrected chi connectivity index (χ3v) is 6.64. The molecule has 1 amide bonds. The fourth-order valence-corrected chi connectivity index (χ4v) is 5.21. The molecule has 3 aliphatic rings. The van der Waals surface area contributed by atoms with Crippen LogP contribution < -0.4 is 5.32 Å². The summed E-state index contributed by atoms with van der Waals surface area (Å²) >= 11 is 0. The van der Waals surface area contributed by atoms with Gasteiger partial charge in [0.15, 0.2) is 5.76 Å². The number of rotatable bonds is 5. The maximum absolute atomic E-state index is 12.4. The smallest absolute Gasteiger partial charge is 0.289 e. The quantitative estimate of drug-likeness (QED) is 0.889. The highest BCUT2D eigenvalue weighted by atomic mass is 16.5. The number of ether oxygens (including phenoxy) is 1. The molecule has 1 aliphatic heterocycles. The van der Waals surface area contributed by atoms with Crippen molar-refractivity contribution in [1.82, 2.24) is 10.2 Å². The molecule has 1 aromatic heterocycles. The average molecular weight is 346 g/mol. The van der Waals surface area contributed by atoms with E-state index in [0.717, 1.165) is 39.0 Å². The first kappa shape index (κ1) is 17.1. The Labute approximate surface area is 150 Å². The van der Waals surface area contributed by atoms with E-state index >= 15 is 0 Å². The summed E-state index contributed by atoms with van der Waals surface area (Å²) in [5.74, 6) is 0.477. The number of carbonyl (C=O) groups is 1. The molecule has 3 fully saturated rings. The van der Waals surface area contributed by atoms with Crippen molar-refractivity contribution in [3.63, 3.8) is 0 Å². The maximum Gasteiger partial charge on any atom is 0.289 e. The van der Waals surface area contributed by atoms with Crippen LogP contribution in [0.1, 0.15) is 62.4 Å². The Hall–Kier alpha value is -1.33. The number of furan rings is 1. The van der Waals surface area contributed by atoms with Crippen LogP contribution in [0.4, 0.5) is 0 Å². The molecule has 138 valence electrons. The van der Waals surface area contributed by atoms with Crippen molar-refractivity contribution < 1.29 is 13.9 Å². The molecule has 1 saturated heterocycles. The van der Waals surface area contributed by atoms with Gasteiger partial charge in [0.1, 0.15) is 0 Å². The Morgan fingerprint density at radius 3 is 2.76 bits per heavy atom. The molecule has 5 nitrogen and oxygen atoms in total. The zero-order chi connectivity index (χ0) is 17.3. The Morgan fingerprint density at radius 2 is 2.12 bits per heavy atom. The summed E-state index contributed by atoms with van der Waals surface area (Å²) in [6.07, 6.45) is 10.5. The minimum Gasteiger partial charge on any atom is -0.459 e. The van der Waals surface area contributed by atoms with Gasteiger partial charge < -0.3 is 19.4 Å². The number of carbonyl (C=O) groups excluding carboxylic acids is 1. The molecule has 2 saturated carbocycles. The van der Waals surface area contributed by atoms with Crippen LogP contribution in [0.15, 0.2) is 22.8 Å². The van der Waals surface area contributed by atoms with Crippen LogP contribution in [0.5, 0.6) is 0 Å². The Balaban J connectivity index is 1.30. The highest BCUT2D eigenvalue weighted by Gasteiger charge is 2.56. The summed E-state index contributed by atoms with van der Waals surface area (Å²) in [6.45, 7) is 4.55. The van der Waals surface area contributed by atoms with Crippen LogP contribution in [0.2, 0.25) is 0 Å². The number of hydrogen-bond acceptors (Lipinski definition) is 4. The summed E-state index contributed by atoms with van der Waals surface area (Å²) in [5, 5.41) is 3.93. The lowest BCUT2D eigenvalue weighted by molar-refractivity contribution is -0.133. The molecule has 2 heterocycles. The number of nitrogens with one attached hydrogen (secondary N) is 1. The van der Waals surface area contributed by atoms with Crippen LogP contribution in [0.3, 0.4) is 0 Å². The fraction of sp³-hybridized carbons (Fsp3) is 0.750. The minimum atomic E-state index is 0.0239. The van der Waals surface area contributed by atoms with Crippen molar-refractivity contribution in [1.29, 1.82) is 0 Å². The van der Waals surface area contributed by atoms with Crippen molar-refractivity contribution in [2.45, 2.75) is 70.1 Å². The molecular formula is C20H30N2O3. The predicted molar refractivity (Wildman–Crippen MR) is 95.5 cm³/mol. The van der Waals surface area contributed by atoms with Crippen molar-refractivity contribution in [2.24, 2.45) is 5.41 Å². The van der Waals surface area contributed by atoms with Gasteiger partial charge >= 0.3 is 0 Å². The van der Waals surface area contributed by atoms with Crippen LogP contribution in [0.25, 0.3) is 0 Å². The normalized spacial score (nSPS) is 29.1. The molecule has 5 heteroatoms. The van der Waals surface area contributed by atoms with Crippen molar-refractivity contribution in [3.8, 4) is 0 Å². The Morgan fingerprint density at radius 1 is 1.36 bits per heavy atom. The van der Waals surface area contributed by atoms with Gasteiger partial charge in [-0.1, -0.05) is 12.8 Å². The van der Waals surface area contributed by atoms with E-state index in [-0.39, 0.29) is 5.91 Å². The predicted octanol–water partition coefficient (Wildman–Crippen LogP) is 3.21. The van der Waals surface area contributed by atoms with Crippen LogP contribution in [0, 0.1) is 5.41 Å². The minimum absolute atomic E-state index is 0.0239. The van der Waals surface area contributed by atoms with E-state index < -0.39 is 0 Å². The molecule has 1 spiro atoms. The highest BCUT2D eigenvalue weighted by Crippen LogP contribution is 2.55. The first-order chi connectivity index (χ1) is 12.2. The standard InChI is InChI=1S/C20H30N2O3/c1-2-24-18-14-17(20(18)9-3-4-10-20)21-15-7-11-22(12-8-15)19(23)16-6-5-13-25-16/h5-6,13,15,17-18,21H,2-4,7-12,14H2,1H3. The van der Waals surface area contributed by atoms with Gasteiger partial charge in [-0.05, 0) is 51.2 Å². The topological polar surface area (TPSA) is 54.7 Å². The van der Waals surface area contributed by atoms with E-state index in [0.29, 0.717) is 29.4 Å². The molecule has 0 bridgehead atoms. The number of hydrogen-bond donors (Lipinski definition) is 1. The van der Waals surface area contributed by atoms with Gasteiger partial charge in [0.05, 0.1) is 12.4 Å². The zero-order valence-electron chi connectivity index (χ0n) is 15.2. The monoisotopic (exact) mass is 346 g/mol. The van der Waals surface area contributed by atoms with Gasteiger partial charge in [0.2, 0.25) is 0 Å². The van der Waals surface area contributed by atoms with Crippen molar-refractivity contribution in [3.05, 3.63) is 24.2 Å². The van der Waals surface area contributed by atoms with E-state index in [9.17, 15) is 4.79 Å². The molecule has 1 N–H and O–H groups in total. The summed E-state index contributed by atoms with van der Waals surface area (Å²) < 4.78 is 11.3. The van der Waals surface area contributed by atoms with Gasteiger partial charge in [-0.3, -0.25) is 4.79 Å². The maximum atomic E-state index is 12.4. The lowest BCUT2D eigenvalue weighted by Crippen LogP contribution is -2.65. The summed E-state index contributed by atoms with van der Waals surface area (Å²) in [6, 6.07) is 4.64. The van der Waals surface area contributed by atoms with Crippen molar-refractivity contribution in [2.75, 3.05) is 19.7 Å². The van der Waals surface area contributed by atoms with Crippen LogP contribution in [-0.2, 0) is 4.74 Å². The summed E-state index contributed by atoms with van der Waals surface area (Å²) in [7, 11) is 0. The molecule has 2 aliphatic carbocycles. The van der Waals surface area contributed by atoms with Crippen molar-refractivity contribution >= 4 is 5.91 Å². The van der Waals surface area contributed by atoms with E-state index in [4.69, 9.17) is 9.15 Å². The third kappa shape index (κ3) is 3.13. The second-order valence-electron chi connectivity index (χ2n) is 7.88. The van der Waals surface area contributed by atoms with Gasteiger partial charge in [-0.15, -0.1) is 0 Å². The van der Waals surface area contributed by atoms with Gasteiger partial charge in [0, 0.05) is 37.2 Å². The fourth-order valence-electron chi connectivity index (χ4n) is 5.21. The molecule has 2 unspecified atom stereocenters.